The maximum absolute atomic E-state index is 5.33. The van der Waals surface area contributed by atoms with Crippen LogP contribution >= 0.6 is 0 Å². The largest absolute Gasteiger partial charge is 0.494 e. The first-order valence-corrected chi connectivity index (χ1v) is 4.28. The van der Waals surface area contributed by atoms with Gasteiger partial charge in [0.05, 0.1) is 13.2 Å². The van der Waals surface area contributed by atoms with Crippen molar-refractivity contribution in [2.75, 3.05) is 13.2 Å². The highest BCUT2D eigenvalue weighted by atomic mass is 16.5. The molecule has 0 fully saturated rings. The fourth-order valence-electron chi connectivity index (χ4n) is 0.983. The molecular formula is C11H13NO. The summed E-state index contributed by atoms with van der Waals surface area (Å²) in [5.41, 5.74) is 6.21. The van der Waals surface area contributed by atoms with Gasteiger partial charge in [-0.25, -0.2) is 0 Å². The minimum atomic E-state index is 0.388. The molecule has 0 saturated carbocycles. The lowest BCUT2D eigenvalue weighted by Crippen LogP contribution is -1.93. The van der Waals surface area contributed by atoms with Crippen molar-refractivity contribution in [3.63, 3.8) is 0 Å². The van der Waals surface area contributed by atoms with Crippen LogP contribution in [-0.2, 0) is 0 Å². The molecule has 0 aliphatic carbocycles. The first-order valence-electron chi connectivity index (χ1n) is 4.28. The third kappa shape index (κ3) is 3.18. The van der Waals surface area contributed by atoms with Gasteiger partial charge in [0.2, 0.25) is 0 Å². The van der Waals surface area contributed by atoms with E-state index in [9.17, 15) is 0 Å². The molecule has 0 spiro atoms. The van der Waals surface area contributed by atoms with Crippen molar-refractivity contribution < 1.29 is 4.74 Å². The molecule has 0 aliphatic heterocycles. The lowest BCUT2D eigenvalue weighted by Gasteiger charge is -2.01. The molecule has 2 nitrogen and oxygen atoms in total. The zero-order valence-electron chi connectivity index (χ0n) is 7.71. The van der Waals surface area contributed by atoms with Crippen LogP contribution in [0.3, 0.4) is 0 Å². The summed E-state index contributed by atoms with van der Waals surface area (Å²) in [7, 11) is 0. The fraction of sp³-hybridized carbons (Fsp3) is 0.273. The molecule has 0 radical (unpaired) electrons. The van der Waals surface area contributed by atoms with E-state index in [0.717, 1.165) is 11.3 Å². The highest BCUT2D eigenvalue weighted by Crippen LogP contribution is 2.11. The molecule has 0 heterocycles. The summed E-state index contributed by atoms with van der Waals surface area (Å²) in [5, 5.41) is 0. The second-order valence-corrected chi connectivity index (χ2v) is 2.47. The molecule has 1 aromatic carbocycles. The molecule has 1 aromatic rings. The Hall–Kier alpha value is -1.46. The number of rotatable bonds is 2. The Morgan fingerprint density at radius 3 is 3.00 bits per heavy atom. The molecule has 2 N–H and O–H groups in total. The standard InChI is InChI=1S/C11H13NO/c1-2-13-11-7-3-5-10(9-11)6-4-8-12/h3,5,7,9H,2,8,12H2,1H3. The smallest absolute Gasteiger partial charge is 0.120 e. The van der Waals surface area contributed by atoms with Crippen LogP contribution in [0.15, 0.2) is 24.3 Å². The fourth-order valence-corrected chi connectivity index (χ4v) is 0.983. The van der Waals surface area contributed by atoms with Crippen LogP contribution in [0.4, 0.5) is 0 Å². The Morgan fingerprint density at radius 1 is 1.46 bits per heavy atom. The van der Waals surface area contributed by atoms with Gasteiger partial charge in [0, 0.05) is 5.56 Å². The monoisotopic (exact) mass is 175 g/mol. The number of nitrogens with two attached hydrogens (primary N) is 1. The minimum Gasteiger partial charge on any atom is -0.494 e. The number of hydrogen-bond donors (Lipinski definition) is 1. The number of benzene rings is 1. The van der Waals surface area contributed by atoms with E-state index >= 15 is 0 Å². The molecular weight excluding hydrogens is 162 g/mol. The average molecular weight is 175 g/mol. The van der Waals surface area contributed by atoms with Crippen molar-refractivity contribution in [2.45, 2.75) is 6.92 Å². The van der Waals surface area contributed by atoms with Crippen LogP contribution < -0.4 is 10.5 Å². The number of ether oxygens (including phenoxy) is 1. The van der Waals surface area contributed by atoms with Gasteiger partial charge in [0.1, 0.15) is 5.75 Å². The van der Waals surface area contributed by atoms with Crippen LogP contribution in [0, 0.1) is 11.8 Å². The lowest BCUT2D eigenvalue weighted by molar-refractivity contribution is 0.340. The Kier molecular flexibility index (Phi) is 3.87. The summed E-state index contributed by atoms with van der Waals surface area (Å²) in [6, 6.07) is 7.68. The molecule has 0 unspecified atom stereocenters. The SMILES string of the molecule is CCOc1cccc(C#CCN)c1. The summed E-state index contributed by atoms with van der Waals surface area (Å²) < 4.78 is 5.33. The Morgan fingerprint density at radius 2 is 2.31 bits per heavy atom. The first-order chi connectivity index (χ1) is 6.36. The molecule has 0 aliphatic rings. The Labute approximate surface area is 78.7 Å². The topological polar surface area (TPSA) is 35.2 Å². The van der Waals surface area contributed by atoms with Crippen molar-refractivity contribution in [1.82, 2.24) is 0 Å². The van der Waals surface area contributed by atoms with Gasteiger partial charge < -0.3 is 10.5 Å². The van der Waals surface area contributed by atoms with Crippen molar-refractivity contribution in [1.29, 1.82) is 0 Å². The van der Waals surface area contributed by atoms with Gasteiger partial charge in [0.15, 0.2) is 0 Å². The number of hydrogen-bond acceptors (Lipinski definition) is 2. The van der Waals surface area contributed by atoms with E-state index in [2.05, 4.69) is 11.8 Å². The summed E-state index contributed by atoms with van der Waals surface area (Å²) in [5.74, 6) is 6.60. The first kappa shape index (κ1) is 9.63. The normalized spacial score (nSPS) is 8.77. The molecule has 0 saturated heterocycles. The summed E-state index contributed by atoms with van der Waals surface area (Å²) >= 11 is 0. The highest BCUT2D eigenvalue weighted by Gasteiger charge is 1.91. The van der Waals surface area contributed by atoms with Crippen LogP contribution in [-0.4, -0.2) is 13.2 Å². The maximum atomic E-state index is 5.33. The molecule has 2 heteroatoms. The third-order valence-electron chi connectivity index (χ3n) is 1.48. The van der Waals surface area contributed by atoms with E-state index in [-0.39, 0.29) is 0 Å². The van der Waals surface area contributed by atoms with E-state index in [0.29, 0.717) is 13.2 Å². The van der Waals surface area contributed by atoms with Gasteiger partial charge in [-0.2, -0.15) is 0 Å². The quantitative estimate of drug-likeness (QED) is 0.689. The lowest BCUT2D eigenvalue weighted by atomic mass is 10.2. The van der Waals surface area contributed by atoms with Crippen molar-refractivity contribution in [2.24, 2.45) is 5.73 Å². The van der Waals surface area contributed by atoms with Gasteiger partial charge in [-0.1, -0.05) is 17.9 Å². The van der Waals surface area contributed by atoms with E-state index in [1.54, 1.807) is 0 Å². The van der Waals surface area contributed by atoms with Gasteiger partial charge in [-0.15, -0.1) is 0 Å². The highest BCUT2D eigenvalue weighted by molar-refractivity contribution is 5.39. The maximum Gasteiger partial charge on any atom is 0.120 e. The zero-order chi connectivity index (χ0) is 9.52. The van der Waals surface area contributed by atoms with Gasteiger partial charge in [-0.05, 0) is 25.1 Å². The molecule has 0 aromatic heterocycles. The Balaban J connectivity index is 2.79. The van der Waals surface area contributed by atoms with Crippen LogP contribution in [0.5, 0.6) is 5.75 Å². The van der Waals surface area contributed by atoms with E-state index in [4.69, 9.17) is 10.5 Å². The molecule has 13 heavy (non-hydrogen) atoms. The van der Waals surface area contributed by atoms with Crippen molar-refractivity contribution in [3.8, 4) is 17.6 Å². The summed E-state index contributed by atoms with van der Waals surface area (Å²) in [6.07, 6.45) is 0. The van der Waals surface area contributed by atoms with Gasteiger partial charge in [-0.3, -0.25) is 0 Å². The van der Waals surface area contributed by atoms with Crippen LogP contribution in [0.25, 0.3) is 0 Å². The second-order valence-electron chi connectivity index (χ2n) is 2.47. The molecule has 1 rings (SSSR count). The predicted molar refractivity (Wildman–Crippen MR) is 53.5 cm³/mol. The van der Waals surface area contributed by atoms with E-state index in [1.807, 2.05) is 31.2 Å². The van der Waals surface area contributed by atoms with Crippen molar-refractivity contribution >= 4 is 0 Å². The van der Waals surface area contributed by atoms with Crippen LogP contribution in [0.1, 0.15) is 12.5 Å². The summed E-state index contributed by atoms with van der Waals surface area (Å²) in [4.78, 5) is 0. The van der Waals surface area contributed by atoms with Crippen molar-refractivity contribution in [3.05, 3.63) is 29.8 Å². The molecule has 0 bridgehead atoms. The van der Waals surface area contributed by atoms with E-state index in [1.165, 1.54) is 0 Å². The average Bonchev–Trinajstić information content (AvgIpc) is 2.16. The molecule has 0 atom stereocenters. The van der Waals surface area contributed by atoms with E-state index < -0.39 is 0 Å². The second kappa shape index (κ2) is 5.23. The third-order valence-corrected chi connectivity index (χ3v) is 1.48. The predicted octanol–water partition coefficient (Wildman–Crippen LogP) is 1.40. The zero-order valence-corrected chi connectivity index (χ0v) is 7.71. The van der Waals surface area contributed by atoms with Gasteiger partial charge >= 0.3 is 0 Å². The van der Waals surface area contributed by atoms with Crippen LogP contribution in [0.2, 0.25) is 0 Å². The minimum absolute atomic E-state index is 0.388. The van der Waals surface area contributed by atoms with Gasteiger partial charge in [0.25, 0.3) is 0 Å². The summed E-state index contributed by atoms with van der Waals surface area (Å²) in [6.45, 7) is 3.02. The molecule has 68 valence electrons. The molecule has 0 amide bonds. The Bertz CT molecular complexity index is 322.